The summed E-state index contributed by atoms with van der Waals surface area (Å²) in [6.45, 7) is 0. The topological polar surface area (TPSA) is 77.2 Å². The van der Waals surface area contributed by atoms with Gasteiger partial charge in [0.15, 0.2) is 11.5 Å². The van der Waals surface area contributed by atoms with Crippen LogP contribution in [0.25, 0.3) is 11.0 Å². The normalized spacial score (nSPS) is 15.5. The van der Waals surface area contributed by atoms with E-state index in [4.69, 9.17) is 4.42 Å². The first-order valence-electron chi connectivity index (χ1n) is 11.7. The lowest BCUT2D eigenvalue weighted by molar-refractivity contribution is -0.117. The van der Waals surface area contributed by atoms with Crippen LogP contribution in [0.3, 0.4) is 0 Å². The van der Waals surface area contributed by atoms with Crippen LogP contribution in [0.4, 0.5) is 17.1 Å². The fourth-order valence-electron chi connectivity index (χ4n) is 4.54. The molecule has 7 nitrogen and oxygen atoms in total. The van der Waals surface area contributed by atoms with E-state index in [0.717, 1.165) is 21.2 Å². The summed E-state index contributed by atoms with van der Waals surface area (Å²) in [6, 6.07) is 21.2. The minimum Gasteiger partial charge on any atom is -0.503 e. The van der Waals surface area contributed by atoms with Crippen molar-refractivity contribution in [3.8, 4) is 0 Å². The molecule has 5 rings (SSSR count). The van der Waals surface area contributed by atoms with E-state index in [0.29, 0.717) is 16.8 Å². The van der Waals surface area contributed by atoms with Gasteiger partial charge in [0.25, 0.3) is 5.91 Å². The van der Waals surface area contributed by atoms with Gasteiger partial charge in [-0.3, -0.25) is 14.5 Å². The number of aliphatic hydroxyl groups excluding tert-OH is 1. The number of Topliss-reactive ketones (excluding diaryl/α,β-unsaturated/α-hetero) is 1. The Morgan fingerprint density at radius 2 is 1.49 bits per heavy atom. The molecule has 3 aromatic carbocycles. The Labute approximate surface area is 223 Å². The number of hydrogen-bond donors (Lipinski definition) is 1. The molecule has 8 heteroatoms. The number of nitrogens with zero attached hydrogens (tertiary/aromatic N) is 3. The molecular formula is C29H26BrN3O4. The molecule has 0 saturated heterocycles. The molecule has 1 aliphatic rings. The van der Waals surface area contributed by atoms with Gasteiger partial charge in [-0.15, -0.1) is 0 Å². The van der Waals surface area contributed by atoms with Gasteiger partial charge in [-0.05, 0) is 66.2 Å². The van der Waals surface area contributed by atoms with Gasteiger partial charge in [-0.2, -0.15) is 0 Å². The highest BCUT2D eigenvalue weighted by Crippen LogP contribution is 2.43. The highest BCUT2D eigenvalue weighted by atomic mass is 79.9. The maximum Gasteiger partial charge on any atom is 0.294 e. The van der Waals surface area contributed by atoms with Crippen molar-refractivity contribution in [3.05, 3.63) is 99.9 Å². The second-order valence-corrected chi connectivity index (χ2v) is 10.3. The summed E-state index contributed by atoms with van der Waals surface area (Å²) < 4.78 is 6.69. The maximum absolute atomic E-state index is 13.8. The summed E-state index contributed by atoms with van der Waals surface area (Å²) in [5, 5.41) is 11.8. The van der Waals surface area contributed by atoms with E-state index in [1.54, 1.807) is 12.1 Å². The van der Waals surface area contributed by atoms with Gasteiger partial charge in [0.05, 0.1) is 11.6 Å². The standard InChI is InChI=1S/C29H26BrN3O4/c1-31(2)20-8-5-17(6-9-20)26-25(27(34)24-16-18-15-19(30)7-14-23(18)37-24)28(35)29(36)33(26)22-12-10-21(11-13-22)32(3)4/h5-16,26,35H,1-4H3. The minimum absolute atomic E-state index is 0.0163. The monoisotopic (exact) mass is 559 g/mol. The van der Waals surface area contributed by atoms with E-state index in [1.165, 1.54) is 4.90 Å². The van der Waals surface area contributed by atoms with E-state index >= 15 is 0 Å². The summed E-state index contributed by atoms with van der Waals surface area (Å²) in [6.07, 6.45) is 0. The van der Waals surface area contributed by atoms with E-state index in [2.05, 4.69) is 15.9 Å². The lowest BCUT2D eigenvalue weighted by atomic mass is 9.94. The van der Waals surface area contributed by atoms with Crippen LogP contribution in [0.15, 0.2) is 93.0 Å². The summed E-state index contributed by atoms with van der Waals surface area (Å²) in [7, 11) is 7.74. The van der Waals surface area contributed by atoms with Crippen molar-refractivity contribution < 1.29 is 19.1 Å². The fraction of sp³-hybridized carbons (Fsp3) is 0.172. The van der Waals surface area contributed by atoms with Gasteiger partial charge < -0.3 is 19.3 Å². The molecule has 0 bridgehead atoms. The first-order chi connectivity index (χ1) is 17.7. The van der Waals surface area contributed by atoms with Crippen LogP contribution < -0.4 is 14.7 Å². The Bertz CT molecular complexity index is 1540. The summed E-state index contributed by atoms with van der Waals surface area (Å²) >= 11 is 3.43. The molecule has 1 N–H and O–H groups in total. The van der Waals surface area contributed by atoms with Gasteiger partial charge in [0, 0.05) is 55.1 Å². The highest BCUT2D eigenvalue weighted by Gasteiger charge is 2.45. The maximum atomic E-state index is 13.8. The number of fused-ring (bicyclic) bond motifs is 1. The Balaban J connectivity index is 1.63. The summed E-state index contributed by atoms with van der Waals surface area (Å²) in [4.78, 5) is 32.7. The molecule has 1 aliphatic heterocycles. The zero-order valence-electron chi connectivity index (χ0n) is 20.9. The lowest BCUT2D eigenvalue weighted by Gasteiger charge is -2.27. The number of furan rings is 1. The summed E-state index contributed by atoms with van der Waals surface area (Å²) in [5.41, 5.74) is 3.72. The lowest BCUT2D eigenvalue weighted by Crippen LogP contribution is -2.31. The first-order valence-corrected chi connectivity index (χ1v) is 12.5. The van der Waals surface area contributed by atoms with E-state index in [1.807, 2.05) is 98.7 Å². The second kappa shape index (κ2) is 9.44. The number of amides is 1. The number of ketones is 1. The molecule has 0 spiro atoms. The number of carbonyl (C=O) groups excluding carboxylic acids is 2. The SMILES string of the molecule is CN(C)c1ccc(C2C(C(=O)c3cc4cc(Br)ccc4o3)=C(O)C(=O)N2c2ccc(N(C)C)cc2)cc1. The molecule has 4 aromatic rings. The number of hydrogen-bond acceptors (Lipinski definition) is 6. The van der Waals surface area contributed by atoms with Crippen molar-refractivity contribution in [2.75, 3.05) is 42.9 Å². The molecule has 1 atom stereocenters. The van der Waals surface area contributed by atoms with Gasteiger partial charge in [-0.1, -0.05) is 28.1 Å². The van der Waals surface area contributed by atoms with Crippen LogP contribution >= 0.6 is 15.9 Å². The largest absolute Gasteiger partial charge is 0.503 e. The van der Waals surface area contributed by atoms with Crippen molar-refractivity contribution in [1.29, 1.82) is 0 Å². The fourth-order valence-corrected chi connectivity index (χ4v) is 4.92. The molecule has 0 radical (unpaired) electrons. The Morgan fingerprint density at radius 1 is 0.892 bits per heavy atom. The molecule has 0 aliphatic carbocycles. The molecule has 1 unspecified atom stereocenters. The van der Waals surface area contributed by atoms with Crippen LogP contribution in [0.1, 0.15) is 22.2 Å². The number of anilines is 3. The second-order valence-electron chi connectivity index (χ2n) is 9.36. The van der Waals surface area contributed by atoms with Gasteiger partial charge in [-0.25, -0.2) is 0 Å². The zero-order valence-corrected chi connectivity index (χ0v) is 22.5. The third-order valence-electron chi connectivity index (χ3n) is 6.52. The van der Waals surface area contributed by atoms with Gasteiger partial charge in [0.1, 0.15) is 5.58 Å². The molecule has 1 aromatic heterocycles. The third-order valence-corrected chi connectivity index (χ3v) is 7.02. The molecule has 2 heterocycles. The quantitative estimate of drug-likeness (QED) is 0.287. The van der Waals surface area contributed by atoms with E-state index < -0.39 is 23.5 Å². The average Bonchev–Trinajstić information content (AvgIpc) is 3.42. The molecule has 1 amide bonds. The van der Waals surface area contributed by atoms with Crippen molar-refractivity contribution in [1.82, 2.24) is 0 Å². The smallest absolute Gasteiger partial charge is 0.294 e. The number of rotatable bonds is 6. The van der Waals surface area contributed by atoms with Crippen molar-refractivity contribution in [2.24, 2.45) is 0 Å². The Hall–Kier alpha value is -4.04. The Kier molecular flexibility index (Phi) is 6.29. The molecular weight excluding hydrogens is 534 g/mol. The predicted molar refractivity (Wildman–Crippen MR) is 150 cm³/mol. The van der Waals surface area contributed by atoms with Crippen LogP contribution in [-0.4, -0.2) is 45.0 Å². The molecule has 0 saturated carbocycles. The highest BCUT2D eigenvalue weighted by molar-refractivity contribution is 9.10. The zero-order chi connectivity index (χ0) is 26.4. The number of halogens is 1. The first kappa shape index (κ1) is 24.6. The summed E-state index contributed by atoms with van der Waals surface area (Å²) in [5.74, 6) is -1.69. The molecule has 188 valence electrons. The number of benzene rings is 3. The van der Waals surface area contributed by atoms with Crippen LogP contribution in [-0.2, 0) is 4.79 Å². The van der Waals surface area contributed by atoms with E-state index in [-0.39, 0.29) is 11.3 Å². The van der Waals surface area contributed by atoms with Crippen LogP contribution in [0, 0.1) is 0 Å². The van der Waals surface area contributed by atoms with Gasteiger partial charge in [0.2, 0.25) is 5.78 Å². The molecule has 0 fully saturated rings. The third kappa shape index (κ3) is 4.38. The van der Waals surface area contributed by atoms with Crippen molar-refractivity contribution >= 4 is 55.7 Å². The van der Waals surface area contributed by atoms with Crippen molar-refractivity contribution in [2.45, 2.75) is 6.04 Å². The molecule has 37 heavy (non-hydrogen) atoms. The minimum atomic E-state index is -0.832. The Morgan fingerprint density at radius 3 is 2.08 bits per heavy atom. The predicted octanol–water partition coefficient (Wildman–Crippen LogP) is 6.11. The van der Waals surface area contributed by atoms with Gasteiger partial charge >= 0.3 is 0 Å². The number of carbonyl (C=O) groups is 2. The van der Waals surface area contributed by atoms with Crippen LogP contribution in [0.5, 0.6) is 0 Å². The van der Waals surface area contributed by atoms with Crippen molar-refractivity contribution in [3.63, 3.8) is 0 Å². The number of aliphatic hydroxyl groups is 1. The van der Waals surface area contributed by atoms with Crippen LogP contribution in [0.2, 0.25) is 0 Å². The van der Waals surface area contributed by atoms with E-state index in [9.17, 15) is 14.7 Å². The average molecular weight is 560 g/mol.